The Morgan fingerprint density at radius 1 is 0.383 bits per heavy atom. The molecule has 1 N–H and O–H groups in total. The normalized spacial score (nSPS) is 12.7. The molecule has 1 atom stereocenters. The van der Waals surface area contributed by atoms with Gasteiger partial charge in [0.05, 0.1) is 6.61 Å². The number of hydrogen-bond acceptors (Lipinski definition) is 5. The molecule has 0 spiro atoms. The van der Waals surface area contributed by atoms with Crippen LogP contribution in [0.1, 0.15) is 258 Å². The van der Waals surface area contributed by atoms with Gasteiger partial charge in [-0.15, -0.1) is 0 Å². The minimum absolute atomic E-state index is 0.0703. The van der Waals surface area contributed by atoms with Gasteiger partial charge in [0.2, 0.25) is 0 Å². The topological polar surface area (TPSA) is 72.8 Å². The fourth-order valence-electron chi connectivity index (χ4n) is 7.36. The van der Waals surface area contributed by atoms with E-state index >= 15 is 0 Å². The van der Waals surface area contributed by atoms with Gasteiger partial charge in [0.1, 0.15) is 6.61 Å². The molecule has 0 saturated carbocycles. The molecule has 0 aromatic heterocycles. The first kappa shape index (κ1) is 57.6. The third-order valence-corrected chi connectivity index (χ3v) is 11.3. The second-order valence-corrected chi connectivity index (χ2v) is 17.2. The predicted octanol–water partition coefficient (Wildman–Crippen LogP) is 17.1. The van der Waals surface area contributed by atoms with Crippen LogP contribution in [0.25, 0.3) is 0 Å². The zero-order valence-corrected chi connectivity index (χ0v) is 39.7. The Balaban J connectivity index is 3.49. The van der Waals surface area contributed by atoms with Gasteiger partial charge < -0.3 is 14.6 Å². The molecular formula is C55H98O5. The summed E-state index contributed by atoms with van der Waals surface area (Å²) in [5, 5.41) is 9.62. The Bertz CT molecular complexity index is 1040. The Hall–Kier alpha value is -2.40. The smallest absolute Gasteiger partial charge is 0.306 e. The standard InChI is InChI=1S/C55H98O5/c1-3-5-7-9-11-13-15-17-19-21-22-23-24-25-26-27-28-29-30-31-32-34-36-38-40-42-44-46-48-50-55(58)60-53(51-56)52-59-54(57)49-47-45-43-41-39-37-35-33-20-18-16-14-12-10-8-6-4-2/h12,14-15,17-18,20-22,24-25,53,56H,3-11,13,16,19,23,26-52H2,1-2H3/b14-12-,17-15-,20-18-,22-21-,25-24-. The highest BCUT2D eigenvalue weighted by Crippen LogP contribution is 2.15. The molecular weight excluding hydrogens is 741 g/mol. The lowest BCUT2D eigenvalue weighted by atomic mass is 10.0. The fourth-order valence-corrected chi connectivity index (χ4v) is 7.36. The molecule has 0 aliphatic carbocycles. The van der Waals surface area contributed by atoms with Gasteiger partial charge in [0, 0.05) is 12.8 Å². The molecule has 5 nitrogen and oxygen atoms in total. The molecule has 1 unspecified atom stereocenters. The van der Waals surface area contributed by atoms with E-state index in [1.165, 1.54) is 167 Å². The summed E-state index contributed by atoms with van der Waals surface area (Å²) in [7, 11) is 0. The van der Waals surface area contributed by atoms with Gasteiger partial charge in [-0.1, -0.05) is 222 Å². The molecule has 0 aliphatic heterocycles. The number of rotatable bonds is 47. The first-order valence-corrected chi connectivity index (χ1v) is 25.8. The molecule has 0 aromatic rings. The Morgan fingerprint density at radius 2 is 0.667 bits per heavy atom. The number of aliphatic hydroxyl groups is 1. The summed E-state index contributed by atoms with van der Waals surface area (Å²) in [6.07, 6.45) is 67.4. The van der Waals surface area contributed by atoms with Crippen LogP contribution in [0.5, 0.6) is 0 Å². The van der Waals surface area contributed by atoms with Crippen LogP contribution in [0.2, 0.25) is 0 Å². The second kappa shape index (κ2) is 51.0. The highest BCUT2D eigenvalue weighted by Gasteiger charge is 2.16. The monoisotopic (exact) mass is 839 g/mol. The van der Waals surface area contributed by atoms with Gasteiger partial charge in [0.25, 0.3) is 0 Å². The SMILES string of the molecule is CCCCC/C=C\C/C=C\CCCCCCCCCC(=O)OCC(CO)OC(=O)CCCCCCCCCCCCCCCC/C=C\C/C=C\C/C=C\CCCCCCC. The summed E-state index contributed by atoms with van der Waals surface area (Å²) in [5.74, 6) is -0.595. The summed E-state index contributed by atoms with van der Waals surface area (Å²) in [4.78, 5) is 24.4. The Morgan fingerprint density at radius 3 is 1.03 bits per heavy atom. The molecule has 0 aliphatic rings. The van der Waals surface area contributed by atoms with Crippen LogP contribution in [0.3, 0.4) is 0 Å². The number of ether oxygens (including phenoxy) is 2. The number of esters is 2. The lowest BCUT2D eigenvalue weighted by Crippen LogP contribution is -2.28. The van der Waals surface area contributed by atoms with Gasteiger partial charge in [-0.3, -0.25) is 9.59 Å². The number of unbranched alkanes of at least 4 members (excludes halogenated alkanes) is 29. The minimum atomic E-state index is -0.777. The molecule has 60 heavy (non-hydrogen) atoms. The third-order valence-electron chi connectivity index (χ3n) is 11.3. The maximum absolute atomic E-state index is 12.3. The van der Waals surface area contributed by atoms with Crippen molar-refractivity contribution in [1.29, 1.82) is 0 Å². The summed E-state index contributed by atoms with van der Waals surface area (Å²) >= 11 is 0. The second-order valence-electron chi connectivity index (χ2n) is 17.2. The van der Waals surface area contributed by atoms with Crippen molar-refractivity contribution in [2.24, 2.45) is 0 Å². The third kappa shape index (κ3) is 48.3. The Kier molecular flexibility index (Phi) is 48.9. The number of carbonyl (C=O) groups excluding carboxylic acids is 2. The molecule has 0 radical (unpaired) electrons. The van der Waals surface area contributed by atoms with E-state index in [4.69, 9.17) is 9.47 Å². The van der Waals surface area contributed by atoms with Gasteiger partial charge in [-0.2, -0.15) is 0 Å². The van der Waals surface area contributed by atoms with Crippen LogP contribution >= 0.6 is 0 Å². The molecule has 0 amide bonds. The van der Waals surface area contributed by atoms with E-state index < -0.39 is 6.10 Å². The average Bonchev–Trinajstić information content (AvgIpc) is 3.25. The van der Waals surface area contributed by atoms with Crippen LogP contribution in [0.15, 0.2) is 60.8 Å². The van der Waals surface area contributed by atoms with E-state index in [-0.39, 0.29) is 25.2 Å². The highest BCUT2D eigenvalue weighted by molar-refractivity contribution is 5.70. The van der Waals surface area contributed by atoms with Gasteiger partial charge in [0.15, 0.2) is 6.10 Å². The first-order valence-electron chi connectivity index (χ1n) is 25.8. The molecule has 5 heteroatoms. The van der Waals surface area contributed by atoms with Crippen molar-refractivity contribution in [3.05, 3.63) is 60.8 Å². The van der Waals surface area contributed by atoms with Crippen LogP contribution < -0.4 is 0 Å². The maximum Gasteiger partial charge on any atom is 0.306 e. The van der Waals surface area contributed by atoms with Crippen LogP contribution in [-0.2, 0) is 19.1 Å². The van der Waals surface area contributed by atoms with Crippen molar-refractivity contribution in [1.82, 2.24) is 0 Å². The van der Waals surface area contributed by atoms with Gasteiger partial charge in [-0.05, 0) is 83.5 Å². The van der Waals surface area contributed by atoms with Crippen molar-refractivity contribution in [3.8, 4) is 0 Å². The van der Waals surface area contributed by atoms with Crippen LogP contribution in [-0.4, -0.2) is 36.4 Å². The largest absolute Gasteiger partial charge is 0.462 e. The maximum atomic E-state index is 12.3. The summed E-state index contributed by atoms with van der Waals surface area (Å²) in [5.41, 5.74) is 0. The Labute approximate surface area is 372 Å². The summed E-state index contributed by atoms with van der Waals surface area (Å²) < 4.78 is 10.7. The van der Waals surface area contributed by atoms with Crippen LogP contribution in [0.4, 0.5) is 0 Å². The molecule has 0 aromatic carbocycles. The number of hydrogen-bond donors (Lipinski definition) is 1. The lowest BCUT2D eigenvalue weighted by Gasteiger charge is -2.15. The molecule has 0 heterocycles. The van der Waals surface area contributed by atoms with Crippen molar-refractivity contribution >= 4 is 11.9 Å². The van der Waals surface area contributed by atoms with Crippen molar-refractivity contribution in [2.45, 2.75) is 264 Å². The predicted molar refractivity (Wildman–Crippen MR) is 260 cm³/mol. The molecule has 0 fully saturated rings. The van der Waals surface area contributed by atoms with E-state index in [9.17, 15) is 14.7 Å². The van der Waals surface area contributed by atoms with E-state index in [2.05, 4.69) is 74.6 Å². The van der Waals surface area contributed by atoms with E-state index in [1.54, 1.807) is 0 Å². The zero-order valence-electron chi connectivity index (χ0n) is 39.7. The quantitative estimate of drug-likeness (QED) is 0.0375. The summed E-state index contributed by atoms with van der Waals surface area (Å²) in [6, 6.07) is 0. The van der Waals surface area contributed by atoms with E-state index in [1.807, 2.05) is 0 Å². The molecule has 0 rings (SSSR count). The van der Waals surface area contributed by atoms with Crippen molar-refractivity contribution in [2.75, 3.05) is 13.2 Å². The lowest BCUT2D eigenvalue weighted by molar-refractivity contribution is -0.161. The van der Waals surface area contributed by atoms with Crippen molar-refractivity contribution < 1.29 is 24.2 Å². The molecule has 348 valence electrons. The van der Waals surface area contributed by atoms with Gasteiger partial charge in [-0.25, -0.2) is 0 Å². The minimum Gasteiger partial charge on any atom is -0.462 e. The number of carbonyl (C=O) groups is 2. The average molecular weight is 839 g/mol. The van der Waals surface area contributed by atoms with Crippen molar-refractivity contribution in [3.63, 3.8) is 0 Å². The number of allylic oxidation sites excluding steroid dienone is 10. The first-order chi connectivity index (χ1) is 29.6. The van der Waals surface area contributed by atoms with Crippen LogP contribution in [0, 0.1) is 0 Å². The highest BCUT2D eigenvalue weighted by atomic mass is 16.6. The molecule has 0 bridgehead atoms. The van der Waals surface area contributed by atoms with Gasteiger partial charge >= 0.3 is 11.9 Å². The van der Waals surface area contributed by atoms with E-state index in [0.717, 1.165) is 64.2 Å². The summed E-state index contributed by atoms with van der Waals surface area (Å²) in [6.45, 7) is 4.11. The molecule has 0 saturated heterocycles. The zero-order chi connectivity index (χ0) is 43.5. The fraction of sp³-hybridized carbons (Fsp3) is 0.782. The number of aliphatic hydroxyl groups excluding tert-OH is 1. The van der Waals surface area contributed by atoms with E-state index in [0.29, 0.717) is 12.8 Å².